The van der Waals surface area contributed by atoms with Crippen LogP contribution in [0.15, 0.2) is 6.07 Å². The van der Waals surface area contributed by atoms with Crippen LogP contribution in [0.5, 0.6) is 5.75 Å². The van der Waals surface area contributed by atoms with Crippen LogP contribution >= 0.6 is 11.6 Å². The molecule has 0 aliphatic heterocycles. The van der Waals surface area contributed by atoms with Gasteiger partial charge in [0.25, 0.3) is 11.7 Å². The molecule has 1 aromatic rings. The molecule has 6 heteroatoms. The zero-order valence-electron chi connectivity index (χ0n) is 8.05. The molecule has 0 atom stereocenters. The van der Waals surface area contributed by atoms with E-state index in [9.17, 15) is 13.6 Å². The highest BCUT2D eigenvalue weighted by molar-refractivity contribution is 6.68. The van der Waals surface area contributed by atoms with Crippen LogP contribution in [0.1, 0.15) is 28.2 Å². The predicted molar refractivity (Wildman–Crippen MR) is 50.7 cm³/mol. The highest BCUT2D eigenvalue weighted by Crippen LogP contribution is 2.30. The Bertz CT molecular complexity index is 396. The van der Waals surface area contributed by atoms with E-state index in [4.69, 9.17) is 16.3 Å². The number of hydrogen-bond acceptors (Lipinski definition) is 3. The van der Waals surface area contributed by atoms with Crippen LogP contribution in [0.2, 0.25) is 0 Å². The Kier molecular flexibility index (Phi) is 3.57. The number of hydrogen-bond donors (Lipinski definition) is 0. The fourth-order valence-corrected chi connectivity index (χ4v) is 1.37. The van der Waals surface area contributed by atoms with Gasteiger partial charge in [-0.15, -0.1) is 0 Å². The summed E-state index contributed by atoms with van der Waals surface area (Å²) in [6, 6.07) is 1.38. The monoisotopic (exact) mass is 235 g/mol. The molecule has 0 saturated heterocycles. The highest BCUT2D eigenvalue weighted by Gasteiger charge is 2.23. The zero-order chi connectivity index (χ0) is 11.6. The van der Waals surface area contributed by atoms with Crippen molar-refractivity contribution in [3.63, 3.8) is 0 Å². The lowest BCUT2D eigenvalue weighted by molar-refractivity contribution is 0.105. The van der Waals surface area contributed by atoms with Crippen molar-refractivity contribution in [2.24, 2.45) is 0 Å². The molecule has 0 spiro atoms. The molecule has 1 aromatic heterocycles. The van der Waals surface area contributed by atoms with Crippen molar-refractivity contribution in [2.75, 3.05) is 7.11 Å². The molecule has 0 aromatic carbocycles. The van der Waals surface area contributed by atoms with Crippen molar-refractivity contribution in [1.29, 1.82) is 0 Å². The van der Waals surface area contributed by atoms with E-state index in [0.717, 1.165) is 0 Å². The van der Waals surface area contributed by atoms with E-state index in [0.29, 0.717) is 5.69 Å². The minimum absolute atomic E-state index is 0.0119. The Balaban J connectivity index is 3.47. The van der Waals surface area contributed by atoms with Crippen molar-refractivity contribution in [2.45, 2.75) is 13.3 Å². The number of carbonyl (C=O) groups excluding carboxylic acids is 1. The number of nitrogens with zero attached hydrogens (tertiary/aromatic N) is 1. The summed E-state index contributed by atoms with van der Waals surface area (Å²) < 4.78 is 29.9. The minimum atomic E-state index is -2.86. The van der Waals surface area contributed by atoms with E-state index in [1.54, 1.807) is 0 Å². The zero-order valence-corrected chi connectivity index (χ0v) is 8.81. The lowest BCUT2D eigenvalue weighted by atomic mass is 10.1. The molecule has 0 aliphatic rings. The lowest BCUT2D eigenvalue weighted by Gasteiger charge is -2.10. The van der Waals surface area contributed by atoms with E-state index < -0.39 is 17.4 Å². The maximum absolute atomic E-state index is 12.6. The summed E-state index contributed by atoms with van der Waals surface area (Å²) in [4.78, 5) is 14.5. The molecule has 0 aliphatic carbocycles. The van der Waals surface area contributed by atoms with Crippen LogP contribution in [0.25, 0.3) is 0 Å². The Morgan fingerprint density at radius 1 is 1.60 bits per heavy atom. The predicted octanol–water partition coefficient (Wildman–Crippen LogP) is 2.72. The third-order valence-electron chi connectivity index (χ3n) is 1.76. The fourth-order valence-electron chi connectivity index (χ4n) is 1.18. The Morgan fingerprint density at radius 2 is 2.20 bits per heavy atom. The van der Waals surface area contributed by atoms with Crippen molar-refractivity contribution in [3.8, 4) is 5.75 Å². The molecular weight excluding hydrogens is 228 g/mol. The van der Waals surface area contributed by atoms with Gasteiger partial charge in [0.15, 0.2) is 0 Å². The molecule has 0 bridgehead atoms. The number of pyridine rings is 1. The molecule has 0 radical (unpaired) electrons. The molecule has 1 rings (SSSR count). The lowest BCUT2D eigenvalue weighted by Crippen LogP contribution is -2.06. The van der Waals surface area contributed by atoms with E-state index in [1.165, 1.54) is 20.1 Å². The minimum Gasteiger partial charge on any atom is -0.496 e. The molecule has 15 heavy (non-hydrogen) atoms. The average Bonchev–Trinajstić information content (AvgIpc) is 2.15. The largest absolute Gasteiger partial charge is 0.496 e. The number of aromatic nitrogens is 1. The first-order valence-corrected chi connectivity index (χ1v) is 4.38. The second-order valence-corrected chi connectivity index (χ2v) is 3.14. The average molecular weight is 236 g/mol. The van der Waals surface area contributed by atoms with Crippen LogP contribution in [-0.2, 0) is 0 Å². The molecule has 0 saturated carbocycles. The van der Waals surface area contributed by atoms with E-state index in [-0.39, 0.29) is 11.3 Å². The number of ether oxygens (including phenoxy) is 1. The number of methoxy groups -OCH3 is 1. The molecule has 0 unspecified atom stereocenters. The van der Waals surface area contributed by atoms with Crippen LogP contribution in [0, 0.1) is 6.92 Å². The number of aryl methyl sites for hydroxylation is 1. The maximum Gasteiger partial charge on any atom is 0.281 e. The smallest absolute Gasteiger partial charge is 0.281 e. The van der Waals surface area contributed by atoms with Gasteiger partial charge in [0.05, 0.1) is 7.11 Å². The third-order valence-corrected chi connectivity index (χ3v) is 1.95. The summed E-state index contributed by atoms with van der Waals surface area (Å²) >= 11 is 5.20. The molecule has 1 heterocycles. The summed E-state index contributed by atoms with van der Waals surface area (Å²) in [6.45, 7) is 1.52. The van der Waals surface area contributed by atoms with E-state index >= 15 is 0 Å². The standard InChI is InChI=1S/C9H8ClF2NO2/c1-4-3-5(15-2)6(8(10)14)7(13-4)9(11)12/h3,9H,1-2H3. The van der Waals surface area contributed by atoms with Crippen LogP contribution in [0.4, 0.5) is 8.78 Å². The first-order valence-electron chi connectivity index (χ1n) is 4.01. The summed E-state index contributed by atoms with van der Waals surface area (Å²) in [5, 5.41) is -1.00. The second kappa shape index (κ2) is 4.53. The molecule has 0 fully saturated rings. The molecule has 82 valence electrons. The third kappa shape index (κ3) is 2.41. The fraction of sp³-hybridized carbons (Fsp3) is 0.333. The first-order chi connectivity index (χ1) is 6.97. The van der Waals surface area contributed by atoms with Gasteiger partial charge in [-0.3, -0.25) is 9.78 Å². The van der Waals surface area contributed by atoms with Gasteiger partial charge < -0.3 is 4.74 Å². The number of carbonyl (C=O) groups is 1. The van der Waals surface area contributed by atoms with Gasteiger partial charge in [0.1, 0.15) is 17.0 Å². The van der Waals surface area contributed by atoms with Gasteiger partial charge in [0.2, 0.25) is 0 Å². The number of rotatable bonds is 3. The van der Waals surface area contributed by atoms with Crippen molar-refractivity contribution < 1.29 is 18.3 Å². The van der Waals surface area contributed by atoms with Crippen molar-refractivity contribution in [3.05, 3.63) is 23.0 Å². The topological polar surface area (TPSA) is 39.2 Å². The van der Waals surface area contributed by atoms with Gasteiger partial charge >= 0.3 is 0 Å². The van der Waals surface area contributed by atoms with Gasteiger partial charge in [-0.25, -0.2) is 8.78 Å². The Morgan fingerprint density at radius 3 is 2.60 bits per heavy atom. The SMILES string of the molecule is COc1cc(C)nc(C(F)F)c1C(=O)Cl. The maximum atomic E-state index is 12.6. The molecule has 0 amide bonds. The Labute approximate surface area is 90.0 Å². The summed E-state index contributed by atoms with van der Waals surface area (Å²) in [7, 11) is 1.27. The Hall–Kier alpha value is -1.23. The van der Waals surface area contributed by atoms with Crippen LogP contribution < -0.4 is 4.74 Å². The quantitative estimate of drug-likeness (QED) is 0.756. The van der Waals surface area contributed by atoms with Gasteiger partial charge in [-0.1, -0.05) is 0 Å². The van der Waals surface area contributed by atoms with Crippen LogP contribution in [-0.4, -0.2) is 17.3 Å². The molecule has 0 N–H and O–H groups in total. The van der Waals surface area contributed by atoms with Crippen molar-refractivity contribution in [1.82, 2.24) is 4.98 Å². The second-order valence-electron chi connectivity index (χ2n) is 2.80. The normalized spacial score (nSPS) is 10.5. The summed E-state index contributed by atoms with van der Waals surface area (Å²) in [5.41, 5.74) is -0.685. The highest BCUT2D eigenvalue weighted by atomic mass is 35.5. The van der Waals surface area contributed by atoms with Gasteiger partial charge in [0, 0.05) is 11.8 Å². The first kappa shape index (κ1) is 11.8. The van der Waals surface area contributed by atoms with Gasteiger partial charge in [-0.2, -0.15) is 0 Å². The summed E-state index contributed by atoms with van der Waals surface area (Å²) in [6.07, 6.45) is -2.86. The molecular formula is C9H8ClF2NO2. The van der Waals surface area contributed by atoms with E-state index in [1.807, 2.05) is 0 Å². The van der Waals surface area contributed by atoms with Crippen LogP contribution in [0.3, 0.4) is 0 Å². The van der Waals surface area contributed by atoms with Gasteiger partial charge in [-0.05, 0) is 18.5 Å². The number of halogens is 3. The molecule has 3 nitrogen and oxygen atoms in total. The number of alkyl halides is 2. The van der Waals surface area contributed by atoms with E-state index in [2.05, 4.69) is 4.98 Å². The summed E-state index contributed by atoms with van der Waals surface area (Å²) in [5.74, 6) is 0.0119. The van der Waals surface area contributed by atoms with Crippen molar-refractivity contribution >= 4 is 16.8 Å².